The molecule has 274 valence electrons. The summed E-state index contributed by atoms with van der Waals surface area (Å²) in [4.78, 5) is 62.9. The van der Waals surface area contributed by atoms with Gasteiger partial charge in [0, 0.05) is 24.6 Å². The molecular weight excluding hydrogens is 693 g/mol. The number of nitrogens with zero attached hydrogens (tertiary/aromatic N) is 4. The molecule has 1 fully saturated rings. The Morgan fingerprint density at radius 1 is 0.962 bits per heavy atom. The van der Waals surface area contributed by atoms with E-state index in [1.165, 1.54) is 4.57 Å². The van der Waals surface area contributed by atoms with Gasteiger partial charge < -0.3 is 14.2 Å². The van der Waals surface area contributed by atoms with E-state index in [1.807, 2.05) is 6.92 Å². The minimum atomic E-state index is -4.06. The first-order valence-electron chi connectivity index (χ1n) is 16.9. The monoisotopic (exact) mass is 733 g/mol. The molecule has 1 N–H and O–H groups in total. The lowest BCUT2D eigenvalue weighted by Crippen LogP contribution is -2.53. The number of imidazole rings is 1. The number of carbonyl (C=O) groups excluding carboxylic acids is 4. The predicted octanol–water partition coefficient (Wildman–Crippen LogP) is 5.63. The first-order chi connectivity index (χ1) is 24.9. The normalized spacial score (nSPS) is 15.2. The molecule has 0 bridgehead atoms. The van der Waals surface area contributed by atoms with Crippen molar-refractivity contribution in [2.45, 2.75) is 65.3 Å². The topological polar surface area (TPSA) is 157 Å². The lowest BCUT2D eigenvalue weighted by Gasteiger charge is -2.24. The second-order valence-electron chi connectivity index (χ2n) is 12.1. The number of ether oxygens (including phenoxy) is 1. The van der Waals surface area contributed by atoms with Crippen LogP contribution in [0.1, 0.15) is 61.4 Å². The molecule has 1 saturated heterocycles. The number of hydrogen-bond donors (Lipinski definition) is 1. The predicted molar refractivity (Wildman–Crippen MR) is 190 cm³/mol. The zero-order valence-corrected chi connectivity index (χ0v) is 29.8. The summed E-state index contributed by atoms with van der Waals surface area (Å²) >= 11 is 0. The smallest absolute Gasteiger partial charge is 0.330 e. The zero-order chi connectivity index (χ0) is 37.4. The van der Waals surface area contributed by atoms with Crippen molar-refractivity contribution in [2.24, 2.45) is 0 Å². The maximum Gasteiger partial charge on any atom is 0.330 e. The fourth-order valence-corrected chi connectivity index (χ4v) is 6.79. The van der Waals surface area contributed by atoms with Gasteiger partial charge in [-0.2, -0.15) is 8.42 Å². The van der Waals surface area contributed by atoms with Gasteiger partial charge in [-0.25, -0.2) is 19.1 Å². The van der Waals surface area contributed by atoms with Gasteiger partial charge in [-0.1, -0.05) is 74.7 Å². The fourth-order valence-electron chi connectivity index (χ4n) is 5.75. The third-order valence-corrected chi connectivity index (χ3v) is 9.44. The zero-order valence-electron chi connectivity index (χ0n) is 29.0. The molecule has 52 heavy (non-hydrogen) atoms. The van der Waals surface area contributed by atoms with Crippen molar-refractivity contribution >= 4 is 39.4 Å². The summed E-state index contributed by atoms with van der Waals surface area (Å²) in [5.74, 6) is -5.12. The first kappa shape index (κ1) is 37.8. The molecule has 0 spiro atoms. The molecule has 2 atom stereocenters. The standard InChI is InChI=1S/C37H40FN5O8S/c1-4-6-7-14-21-52(48,49)51-28-19-20-29(38)30(22-28)40-34(45)31(32(44)33-39-25(3)23-41(33)27-17-12-9-13-18-27)43-35(46)36(50-5-2)42(37(43)47)24-26-15-10-8-11-16-26/h8-13,15-20,22-23,31,36H,4-7,14,21,24H2,1-3H3,(H,40,45). The minimum Gasteiger partial charge on any atom is -0.382 e. The summed E-state index contributed by atoms with van der Waals surface area (Å²) in [6.07, 6.45) is 2.88. The van der Waals surface area contributed by atoms with E-state index in [1.54, 1.807) is 80.7 Å². The van der Waals surface area contributed by atoms with Gasteiger partial charge in [-0.15, -0.1) is 0 Å². The van der Waals surface area contributed by atoms with Gasteiger partial charge in [0.15, 0.2) is 11.9 Å². The largest absolute Gasteiger partial charge is 0.382 e. The Kier molecular flexibility index (Phi) is 12.2. The molecule has 0 radical (unpaired) electrons. The van der Waals surface area contributed by atoms with Gasteiger partial charge in [-0.3, -0.25) is 23.9 Å². The van der Waals surface area contributed by atoms with Crippen LogP contribution in [0.15, 0.2) is 85.1 Å². The van der Waals surface area contributed by atoms with Crippen LogP contribution in [-0.2, 0) is 31.0 Å². The maximum absolute atomic E-state index is 15.2. The number of hydrogen-bond acceptors (Lipinski definition) is 9. The average Bonchev–Trinajstić information content (AvgIpc) is 3.62. The molecule has 5 rings (SSSR count). The van der Waals surface area contributed by atoms with E-state index in [9.17, 15) is 27.6 Å². The van der Waals surface area contributed by atoms with E-state index >= 15 is 4.39 Å². The highest BCUT2D eigenvalue weighted by Gasteiger charge is 2.53. The number of Topliss-reactive ketones (excluding diaryl/α,β-unsaturated/α-hetero) is 1. The van der Waals surface area contributed by atoms with Crippen LogP contribution in [0, 0.1) is 12.7 Å². The van der Waals surface area contributed by atoms with Crippen molar-refractivity contribution < 1.29 is 40.9 Å². The van der Waals surface area contributed by atoms with Crippen molar-refractivity contribution in [1.82, 2.24) is 19.4 Å². The Bertz CT molecular complexity index is 2020. The highest BCUT2D eigenvalue weighted by Crippen LogP contribution is 2.29. The molecule has 2 heterocycles. The molecule has 1 aromatic heterocycles. The molecule has 0 saturated carbocycles. The number of aryl methyl sites for hydroxylation is 1. The molecule has 13 nitrogen and oxygen atoms in total. The molecule has 0 aliphatic carbocycles. The van der Waals surface area contributed by atoms with Crippen molar-refractivity contribution in [3.05, 3.63) is 108 Å². The Labute approximate surface area is 301 Å². The van der Waals surface area contributed by atoms with Crippen LogP contribution in [0.2, 0.25) is 0 Å². The van der Waals surface area contributed by atoms with Crippen LogP contribution in [0.3, 0.4) is 0 Å². The summed E-state index contributed by atoms with van der Waals surface area (Å²) in [6, 6.07) is 17.1. The van der Waals surface area contributed by atoms with Gasteiger partial charge in [0.25, 0.3) is 11.8 Å². The summed E-state index contributed by atoms with van der Waals surface area (Å²) in [5, 5.41) is 2.29. The summed E-state index contributed by atoms with van der Waals surface area (Å²) in [5.41, 5.74) is 1.01. The number of anilines is 1. The quantitative estimate of drug-likeness (QED) is 0.0478. The van der Waals surface area contributed by atoms with E-state index in [-0.39, 0.29) is 30.5 Å². The van der Waals surface area contributed by atoms with E-state index < -0.39 is 57.5 Å². The highest BCUT2D eigenvalue weighted by molar-refractivity contribution is 7.87. The van der Waals surface area contributed by atoms with Crippen molar-refractivity contribution in [2.75, 3.05) is 17.7 Å². The van der Waals surface area contributed by atoms with E-state index in [2.05, 4.69) is 10.3 Å². The van der Waals surface area contributed by atoms with Crippen LogP contribution in [-0.4, -0.2) is 76.0 Å². The Hall–Kier alpha value is -5.41. The maximum atomic E-state index is 15.2. The molecule has 1 aliphatic rings. The number of urea groups is 1. The van der Waals surface area contributed by atoms with E-state index in [0.717, 1.165) is 35.9 Å². The molecule has 3 aromatic carbocycles. The number of unbranched alkanes of at least 4 members (excludes halogenated alkanes) is 3. The fraction of sp³-hybridized carbons (Fsp3) is 0.324. The Balaban J connectivity index is 1.53. The number of nitrogens with one attached hydrogen (secondary N) is 1. The van der Waals surface area contributed by atoms with Crippen molar-refractivity contribution in [3.63, 3.8) is 0 Å². The lowest BCUT2D eigenvalue weighted by molar-refractivity contribution is -0.144. The average molecular weight is 734 g/mol. The number of para-hydroxylation sites is 1. The van der Waals surface area contributed by atoms with Gasteiger partial charge in [0.2, 0.25) is 12.0 Å². The Morgan fingerprint density at radius 3 is 2.33 bits per heavy atom. The second-order valence-corrected chi connectivity index (χ2v) is 13.8. The van der Waals surface area contributed by atoms with Crippen molar-refractivity contribution in [3.8, 4) is 11.4 Å². The van der Waals surface area contributed by atoms with E-state index in [4.69, 9.17) is 8.92 Å². The summed E-state index contributed by atoms with van der Waals surface area (Å²) in [7, 11) is -4.06. The Morgan fingerprint density at radius 2 is 1.65 bits per heavy atom. The third kappa shape index (κ3) is 8.72. The molecule has 4 amide bonds. The molecule has 1 aliphatic heterocycles. The molecule has 2 unspecified atom stereocenters. The van der Waals surface area contributed by atoms with Crippen LogP contribution in [0.25, 0.3) is 5.69 Å². The number of rotatable bonds is 17. The number of imide groups is 1. The SMILES string of the molecule is CCCCCCS(=O)(=O)Oc1ccc(F)c(NC(=O)C(C(=O)c2nc(C)cn2-c2ccccc2)N2C(=O)C(OCC)N(Cc3ccccc3)C2=O)c1. The molecular formula is C37H40FN5O8S. The number of benzene rings is 3. The van der Waals surface area contributed by atoms with Crippen LogP contribution >= 0.6 is 0 Å². The first-order valence-corrected chi connectivity index (χ1v) is 18.5. The number of carbonyl (C=O) groups is 4. The van der Waals surface area contributed by atoms with E-state index in [0.29, 0.717) is 34.7 Å². The summed E-state index contributed by atoms with van der Waals surface area (Å²) < 4.78 is 52.7. The number of ketones is 1. The van der Waals surface area contributed by atoms with Gasteiger partial charge in [0.05, 0.1) is 23.7 Å². The van der Waals surface area contributed by atoms with Crippen molar-refractivity contribution in [1.29, 1.82) is 0 Å². The third-order valence-electron chi connectivity index (χ3n) is 8.21. The van der Waals surface area contributed by atoms with Gasteiger partial charge in [0.1, 0.15) is 11.6 Å². The highest BCUT2D eigenvalue weighted by atomic mass is 32.2. The second kappa shape index (κ2) is 16.7. The number of amides is 4. The lowest BCUT2D eigenvalue weighted by atomic mass is 10.1. The van der Waals surface area contributed by atoms with Crippen LogP contribution < -0.4 is 9.50 Å². The van der Waals surface area contributed by atoms with Crippen LogP contribution in [0.4, 0.5) is 14.9 Å². The van der Waals surface area contributed by atoms with Gasteiger partial charge >= 0.3 is 16.1 Å². The van der Waals surface area contributed by atoms with Gasteiger partial charge in [-0.05, 0) is 50.1 Å². The number of halogens is 1. The summed E-state index contributed by atoms with van der Waals surface area (Å²) in [6.45, 7) is 5.17. The molecule has 4 aromatic rings. The molecule has 15 heteroatoms. The van der Waals surface area contributed by atoms with Crippen LogP contribution in [0.5, 0.6) is 5.75 Å². The minimum absolute atomic E-state index is 0.0186. The number of aromatic nitrogens is 2.